The molecule has 2 heterocycles. The molecule has 0 unspecified atom stereocenters. The Hall–Kier alpha value is -1.87. The molecule has 103 valence electrons. The van der Waals surface area contributed by atoms with Crippen LogP contribution in [0.5, 0.6) is 0 Å². The van der Waals surface area contributed by atoms with Crippen LogP contribution >= 0.6 is 0 Å². The normalized spacial score (nSPS) is 15.3. The number of pyridine rings is 1. The molecule has 1 N–H and O–H groups in total. The second-order valence-corrected chi connectivity index (χ2v) is 5.16. The van der Waals surface area contributed by atoms with Gasteiger partial charge in [0, 0.05) is 31.9 Å². The van der Waals surface area contributed by atoms with E-state index in [1.54, 1.807) is 0 Å². The number of nitrogens with one attached hydrogen (secondary N) is 1. The smallest absolute Gasteiger partial charge is 0.0553 e. The third-order valence-corrected chi connectivity index (χ3v) is 3.73. The zero-order chi connectivity index (χ0) is 13.6. The van der Waals surface area contributed by atoms with Gasteiger partial charge >= 0.3 is 0 Å². The van der Waals surface area contributed by atoms with Crippen LogP contribution < -0.4 is 10.2 Å². The second kappa shape index (κ2) is 6.53. The number of anilines is 1. The van der Waals surface area contributed by atoms with Crippen molar-refractivity contribution in [3.63, 3.8) is 0 Å². The van der Waals surface area contributed by atoms with E-state index in [4.69, 9.17) is 0 Å². The predicted molar refractivity (Wildman–Crippen MR) is 82.0 cm³/mol. The van der Waals surface area contributed by atoms with E-state index in [-0.39, 0.29) is 0 Å². The van der Waals surface area contributed by atoms with E-state index in [0.717, 1.165) is 44.7 Å². The molecule has 20 heavy (non-hydrogen) atoms. The number of hydrogen-bond acceptors (Lipinski definition) is 3. The molecule has 1 aliphatic rings. The van der Waals surface area contributed by atoms with Gasteiger partial charge in [-0.15, -0.1) is 0 Å². The van der Waals surface area contributed by atoms with Gasteiger partial charge in [0.25, 0.3) is 0 Å². The number of rotatable bonds is 4. The first-order chi connectivity index (χ1) is 9.92. The van der Waals surface area contributed by atoms with Gasteiger partial charge < -0.3 is 10.2 Å². The maximum absolute atomic E-state index is 4.60. The molecule has 1 saturated heterocycles. The molecule has 0 aliphatic carbocycles. The van der Waals surface area contributed by atoms with Crippen LogP contribution in [0, 0.1) is 6.07 Å². The minimum absolute atomic E-state index is 0.986. The molecule has 3 nitrogen and oxygen atoms in total. The van der Waals surface area contributed by atoms with Crippen molar-refractivity contribution < 1.29 is 0 Å². The molecule has 3 heteroatoms. The summed E-state index contributed by atoms with van der Waals surface area (Å²) in [6, 6.07) is 15.6. The van der Waals surface area contributed by atoms with Crippen molar-refractivity contribution in [2.45, 2.75) is 12.8 Å². The average Bonchev–Trinajstić information content (AvgIpc) is 2.55. The highest BCUT2D eigenvalue weighted by molar-refractivity contribution is 5.45. The van der Waals surface area contributed by atoms with Crippen molar-refractivity contribution in [2.75, 3.05) is 31.1 Å². The molecular weight excluding hydrogens is 246 g/mol. The van der Waals surface area contributed by atoms with E-state index in [9.17, 15) is 0 Å². The van der Waals surface area contributed by atoms with Gasteiger partial charge in [-0.1, -0.05) is 24.3 Å². The van der Waals surface area contributed by atoms with Crippen molar-refractivity contribution in [2.24, 2.45) is 0 Å². The Morgan fingerprint density at radius 3 is 2.75 bits per heavy atom. The first-order valence-electron chi connectivity index (χ1n) is 7.27. The Kier molecular flexibility index (Phi) is 4.28. The van der Waals surface area contributed by atoms with E-state index < -0.39 is 0 Å². The van der Waals surface area contributed by atoms with Gasteiger partial charge in [-0.2, -0.15) is 0 Å². The first-order valence-corrected chi connectivity index (χ1v) is 7.27. The van der Waals surface area contributed by atoms with E-state index in [2.05, 4.69) is 45.5 Å². The maximum atomic E-state index is 4.60. The van der Waals surface area contributed by atoms with Crippen LogP contribution in [0.15, 0.2) is 42.6 Å². The van der Waals surface area contributed by atoms with Gasteiger partial charge in [0.2, 0.25) is 0 Å². The number of piperazine rings is 1. The van der Waals surface area contributed by atoms with Gasteiger partial charge in [0.1, 0.15) is 0 Å². The number of hydrogen-bond donors (Lipinski definition) is 1. The van der Waals surface area contributed by atoms with Crippen molar-refractivity contribution in [3.8, 4) is 0 Å². The summed E-state index contributed by atoms with van der Waals surface area (Å²) in [6.07, 6.45) is 4.02. The highest BCUT2D eigenvalue weighted by atomic mass is 15.2. The molecule has 1 aliphatic heterocycles. The fourth-order valence-electron chi connectivity index (χ4n) is 2.53. The van der Waals surface area contributed by atoms with Crippen LogP contribution in [-0.2, 0) is 12.8 Å². The lowest BCUT2D eigenvalue weighted by Crippen LogP contribution is -2.43. The van der Waals surface area contributed by atoms with E-state index in [1.165, 1.54) is 11.3 Å². The summed E-state index contributed by atoms with van der Waals surface area (Å²) in [4.78, 5) is 6.99. The Labute approximate surface area is 120 Å². The Balaban J connectivity index is 1.58. The fourth-order valence-corrected chi connectivity index (χ4v) is 2.53. The summed E-state index contributed by atoms with van der Waals surface area (Å²) in [5, 5.41) is 3.37. The topological polar surface area (TPSA) is 28.2 Å². The third kappa shape index (κ3) is 3.36. The molecule has 0 bridgehead atoms. The zero-order valence-electron chi connectivity index (χ0n) is 11.7. The minimum Gasteiger partial charge on any atom is -0.368 e. The minimum atomic E-state index is 0.986. The number of aromatic nitrogens is 1. The van der Waals surface area contributed by atoms with Crippen LogP contribution in [-0.4, -0.2) is 31.2 Å². The quantitative estimate of drug-likeness (QED) is 0.918. The van der Waals surface area contributed by atoms with Crippen LogP contribution in [0.25, 0.3) is 0 Å². The fraction of sp³-hybridized carbons (Fsp3) is 0.353. The Morgan fingerprint density at radius 2 is 2.05 bits per heavy atom. The van der Waals surface area contributed by atoms with E-state index in [1.807, 2.05) is 18.3 Å². The average molecular weight is 266 g/mol. The molecular formula is C17H20N3. The zero-order valence-corrected chi connectivity index (χ0v) is 11.7. The summed E-state index contributed by atoms with van der Waals surface area (Å²) in [5.74, 6) is 0. The van der Waals surface area contributed by atoms with E-state index in [0.29, 0.717) is 0 Å². The molecule has 0 amide bonds. The van der Waals surface area contributed by atoms with Gasteiger partial charge in [-0.3, -0.25) is 4.98 Å². The lowest BCUT2D eigenvalue weighted by atomic mass is 10.1. The Morgan fingerprint density at radius 1 is 1.15 bits per heavy atom. The highest BCUT2D eigenvalue weighted by Crippen LogP contribution is 2.14. The molecule has 2 aromatic rings. The summed E-state index contributed by atoms with van der Waals surface area (Å²) < 4.78 is 0. The standard InChI is InChI=1S/C17H20N3/c1-2-4-15(5-3-1)6-7-16-8-9-17(14-19-16)20-12-10-18-11-13-20/h1-2,4-5,8-9,14,18H,6-7,10-13H2. The van der Waals surface area contributed by atoms with Crippen molar-refractivity contribution in [1.29, 1.82) is 0 Å². The summed E-state index contributed by atoms with van der Waals surface area (Å²) in [7, 11) is 0. The number of nitrogens with zero attached hydrogens (tertiary/aromatic N) is 2. The Bertz CT molecular complexity index is 516. The second-order valence-electron chi connectivity index (χ2n) is 5.16. The summed E-state index contributed by atoms with van der Waals surface area (Å²) in [5.41, 5.74) is 3.72. The van der Waals surface area contributed by atoms with Gasteiger partial charge in [-0.05, 0) is 36.6 Å². The van der Waals surface area contributed by atoms with Gasteiger partial charge in [-0.25, -0.2) is 0 Å². The predicted octanol–water partition coefficient (Wildman–Crippen LogP) is 2.08. The molecule has 1 aromatic carbocycles. The lowest BCUT2D eigenvalue weighted by molar-refractivity contribution is 0.588. The molecule has 1 aromatic heterocycles. The number of benzene rings is 1. The van der Waals surface area contributed by atoms with Gasteiger partial charge in [0.05, 0.1) is 11.9 Å². The lowest BCUT2D eigenvalue weighted by Gasteiger charge is -2.29. The largest absolute Gasteiger partial charge is 0.368 e. The van der Waals surface area contributed by atoms with Crippen LogP contribution in [0.4, 0.5) is 5.69 Å². The maximum Gasteiger partial charge on any atom is 0.0553 e. The molecule has 3 rings (SSSR count). The van der Waals surface area contributed by atoms with Crippen LogP contribution in [0.1, 0.15) is 11.3 Å². The number of aryl methyl sites for hydroxylation is 2. The molecule has 0 saturated carbocycles. The first kappa shape index (κ1) is 13.1. The SMILES string of the molecule is [c]1cccc(CCc2ccc(N3CCNCC3)cn2)c1. The van der Waals surface area contributed by atoms with Crippen molar-refractivity contribution >= 4 is 5.69 Å². The van der Waals surface area contributed by atoms with Crippen LogP contribution in [0.3, 0.4) is 0 Å². The highest BCUT2D eigenvalue weighted by Gasteiger charge is 2.10. The molecule has 0 atom stereocenters. The monoisotopic (exact) mass is 266 g/mol. The molecule has 1 radical (unpaired) electrons. The van der Waals surface area contributed by atoms with Crippen molar-refractivity contribution in [3.05, 3.63) is 59.9 Å². The molecule has 1 fully saturated rings. The third-order valence-electron chi connectivity index (χ3n) is 3.73. The van der Waals surface area contributed by atoms with Crippen LogP contribution in [0.2, 0.25) is 0 Å². The van der Waals surface area contributed by atoms with E-state index >= 15 is 0 Å². The van der Waals surface area contributed by atoms with Gasteiger partial charge in [0.15, 0.2) is 0 Å². The summed E-state index contributed by atoms with van der Waals surface area (Å²) in [6.45, 7) is 4.26. The summed E-state index contributed by atoms with van der Waals surface area (Å²) >= 11 is 0. The van der Waals surface area contributed by atoms with Crippen molar-refractivity contribution in [1.82, 2.24) is 10.3 Å². The molecule has 0 spiro atoms.